The highest BCUT2D eigenvalue weighted by Gasteiger charge is 2.22. The summed E-state index contributed by atoms with van der Waals surface area (Å²) >= 11 is 0. The lowest BCUT2D eigenvalue weighted by atomic mass is 10.0. The monoisotopic (exact) mass is 386 g/mol. The topological polar surface area (TPSA) is 32.3 Å². The fourth-order valence-corrected chi connectivity index (χ4v) is 4.11. The third-order valence-corrected chi connectivity index (χ3v) is 6.36. The highest BCUT2D eigenvalue weighted by atomic mass is 15.3. The van der Waals surface area contributed by atoms with Gasteiger partial charge in [0.15, 0.2) is 0 Å². The van der Waals surface area contributed by atoms with Crippen LogP contribution in [-0.4, -0.2) is 36.1 Å². The number of anilines is 2. The SMILES string of the molecule is CCCCCCCCCCCCCCc1cc(N2CCC2)nc(N2CCC2)n1. The van der Waals surface area contributed by atoms with Crippen molar-refractivity contribution in [3.05, 3.63) is 11.8 Å². The van der Waals surface area contributed by atoms with Crippen LogP contribution in [0, 0.1) is 0 Å². The zero-order valence-electron chi connectivity index (χ0n) is 18.3. The molecule has 4 nitrogen and oxygen atoms in total. The van der Waals surface area contributed by atoms with Crippen LogP contribution in [0.25, 0.3) is 0 Å². The average molecular weight is 387 g/mol. The second kappa shape index (κ2) is 12.3. The second-order valence-corrected chi connectivity index (χ2v) is 8.84. The molecule has 0 amide bonds. The molecule has 28 heavy (non-hydrogen) atoms. The van der Waals surface area contributed by atoms with Gasteiger partial charge in [-0.25, -0.2) is 4.98 Å². The van der Waals surface area contributed by atoms with Crippen LogP contribution >= 0.6 is 0 Å². The minimum absolute atomic E-state index is 0.976. The molecule has 2 aliphatic heterocycles. The van der Waals surface area contributed by atoms with Crippen molar-refractivity contribution in [2.45, 2.75) is 103 Å². The minimum atomic E-state index is 0.976. The molecule has 2 saturated heterocycles. The Morgan fingerprint density at radius 3 is 1.71 bits per heavy atom. The van der Waals surface area contributed by atoms with E-state index in [1.54, 1.807) is 0 Å². The van der Waals surface area contributed by atoms with E-state index in [9.17, 15) is 0 Å². The van der Waals surface area contributed by atoms with Crippen molar-refractivity contribution in [2.75, 3.05) is 36.0 Å². The van der Waals surface area contributed by atoms with Crippen LogP contribution < -0.4 is 9.80 Å². The Kier molecular flexibility index (Phi) is 9.39. The van der Waals surface area contributed by atoms with Gasteiger partial charge in [-0.15, -0.1) is 0 Å². The van der Waals surface area contributed by atoms with Gasteiger partial charge in [0.2, 0.25) is 5.95 Å². The lowest BCUT2D eigenvalue weighted by Crippen LogP contribution is -2.40. The van der Waals surface area contributed by atoms with Crippen molar-refractivity contribution in [3.8, 4) is 0 Å². The zero-order valence-corrected chi connectivity index (χ0v) is 18.3. The molecular weight excluding hydrogens is 344 g/mol. The first-order valence-electron chi connectivity index (χ1n) is 12.2. The number of rotatable bonds is 15. The van der Waals surface area contributed by atoms with E-state index in [2.05, 4.69) is 22.8 Å². The first-order chi connectivity index (χ1) is 13.9. The third kappa shape index (κ3) is 6.93. The Morgan fingerprint density at radius 2 is 1.21 bits per heavy atom. The molecule has 3 rings (SSSR count). The summed E-state index contributed by atoms with van der Waals surface area (Å²) in [6.45, 7) is 6.87. The van der Waals surface area contributed by atoms with E-state index in [1.807, 2.05) is 0 Å². The molecule has 0 bridgehead atoms. The Hall–Kier alpha value is -1.32. The lowest BCUT2D eigenvalue weighted by molar-refractivity contribution is 0.542. The maximum absolute atomic E-state index is 4.87. The molecule has 2 fully saturated rings. The van der Waals surface area contributed by atoms with Gasteiger partial charge < -0.3 is 9.80 Å². The smallest absolute Gasteiger partial charge is 0.227 e. The average Bonchev–Trinajstić information content (AvgIpc) is 2.60. The Morgan fingerprint density at radius 1 is 0.679 bits per heavy atom. The second-order valence-electron chi connectivity index (χ2n) is 8.84. The number of unbranched alkanes of at least 4 members (excludes halogenated alkanes) is 11. The van der Waals surface area contributed by atoms with Crippen molar-refractivity contribution < 1.29 is 0 Å². The molecule has 158 valence electrons. The van der Waals surface area contributed by atoms with Crippen molar-refractivity contribution in [1.82, 2.24) is 9.97 Å². The van der Waals surface area contributed by atoms with E-state index < -0.39 is 0 Å². The van der Waals surface area contributed by atoms with Gasteiger partial charge in [-0.2, -0.15) is 4.98 Å². The molecule has 0 spiro atoms. The molecule has 0 N–H and O–H groups in total. The van der Waals surface area contributed by atoms with Gasteiger partial charge in [0, 0.05) is 37.9 Å². The number of aromatic nitrogens is 2. The summed E-state index contributed by atoms with van der Waals surface area (Å²) in [6, 6.07) is 2.25. The highest BCUT2D eigenvalue weighted by molar-refractivity contribution is 5.48. The quantitative estimate of drug-likeness (QED) is 0.339. The molecule has 3 heterocycles. The molecule has 0 aromatic carbocycles. The van der Waals surface area contributed by atoms with Crippen molar-refractivity contribution in [3.63, 3.8) is 0 Å². The predicted molar refractivity (Wildman–Crippen MR) is 120 cm³/mol. The van der Waals surface area contributed by atoms with Gasteiger partial charge in [-0.1, -0.05) is 77.6 Å². The fraction of sp³-hybridized carbons (Fsp3) is 0.833. The van der Waals surface area contributed by atoms with E-state index >= 15 is 0 Å². The van der Waals surface area contributed by atoms with Crippen LogP contribution in [0.3, 0.4) is 0 Å². The zero-order chi connectivity index (χ0) is 19.4. The van der Waals surface area contributed by atoms with Gasteiger partial charge in [-0.3, -0.25) is 0 Å². The molecule has 0 aliphatic carbocycles. The van der Waals surface area contributed by atoms with Crippen LogP contribution in [0.4, 0.5) is 11.8 Å². The molecule has 4 heteroatoms. The summed E-state index contributed by atoms with van der Waals surface area (Å²) in [5.41, 5.74) is 1.26. The van der Waals surface area contributed by atoms with Crippen LogP contribution in [-0.2, 0) is 6.42 Å². The molecule has 1 aromatic heterocycles. The maximum Gasteiger partial charge on any atom is 0.227 e. The summed E-state index contributed by atoms with van der Waals surface area (Å²) in [7, 11) is 0. The van der Waals surface area contributed by atoms with E-state index in [0.29, 0.717) is 0 Å². The third-order valence-electron chi connectivity index (χ3n) is 6.36. The fourth-order valence-electron chi connectivity index (χ4n) is 4.11. The first-order valence-corrected chi connectivity index (χ1v) is 12.2. The molecular formula is C24H42N4. The minimum Gasteiger partial charge on any atom is -0.356 e. The number of hydrogen-bond donors (Lipinski definition) is 0. The first kappa shape index (κ1) is 21.4. The van der Waals surface area contributed by atoms with Crippen molar-refractivity contribution >= 4 is 11.8 Å². The summed E-state index contributed by atoms with van der Waals surface area (Å²) < 4.78 is 0. The summed E-state index contributed by atoms with van der Waals surface area (Å²) in [4.78, 5) is 14.4. The highest BCUT2D eigenvalue weighted by Crippen LogP contribution is 2.25. The van der Waals surface area contributed by atoms with E-state index in [0.717, 1.165) is 44.4 Å². The standard InChI is InChI=1S/C24H42N4/c1-2-3-4-5-6-7-8-9-10-11-12-13-16-22-21-23(27-17-14-18-27)26-24(25-22)28-19-15-20-28/h21H,2-20H2,1H3. The Balaban J connectivity index is 1.28. The number of nitrogens with zero attached hydrogens (tertiary/aromatic N) is 4. The van der Waals surface area contributed by atoms with E-state index in [-0.39, 0.29) is 0 Å². The summed E-state index contributed by atoms with van der Waals surface area (Å²) in [5, 5.41) is 0. The molecule has 0 radical (unpaired) electrons. The van der Waals surface area contributed by atoms with Gasteiger partial charge in [0.1, 0.15) is 5.82 Å². The van der Waals surface area contributed by atoms with Crippen molar-refractivity contribution in [2.24, 2.45) is 0 Å². The van der Waals surface area contributed by atoms with Crippen molar-refractivity contribution in [1.29, 1.82) is 0 Å². The van der Waals surface area contributed by atoms with Gasteiger partial charge in [0.25, 0.3) is 0 Å². The number of hydrogen-bond acceptors (Lipinski definition) is 4. The van der Waals surface area contributed by atoms with Gasteiger partial charge >= 0.3 is 0 Å². The van der Waals surface area contributed by atoms with Crippen LogP contribution in [0.2, 0.25) is 0 Å². The largest absolute Gasteiger partial charge is 0.356 e. The molecule has 1 aromatic rings. The Bertz CT molecular complexity index is 519. The van der Waals surface area contributed by atoms with Gasteiger partial charge in [-0.05, 0) is 25.7 Å². The normalized spacial score (nSPS) is 16.2. The summed E-state index contributed by atoms with van der Waals surface area (Å²) in [6.07, 6.45) is 20.6. The van der Waals surface area contributed by atoms with Crippen LogP contribution in [0.15, 0.2) is 6.07 Å². The number of aryl methyl sites for hydroxylation is 1. The van der Waals surface area contributed by atoms with E-state index in [1.165, 1.54) is 95.6 Å². The molecule has 0 saturated carbocycles. The molecule has 0 unspecified atom stereocenters. The van der Waals surface area contributed by atoms with Gasteiger partial charge in [0.05, 0.1) is 0 Å². The predicted octanol–water partition coefficient (Wildman–Crippen LogP) is 6.14. The lowest BCUT2D eigenvalue weighted by Gasteiger charge is -2.35. The van der Waals surface area contributed by atoms with Crippen LogP contribution in [0.5, 0.6) is 0 Å². The van der Waals surface area contributed by atoms with Crippen LogP contribution in [0.1, 0.15) is 103 Å². The summed E-state index contributed by atoms with van der Waals surface area (Å²) in [5.74, 6) is 2.14. The van der Waals surface area contributed by atoms with E-state index in [4.69, 9.17) is 9.97 Å². The maximum atomic E-state index is 4.87. The Labute approximate surface area is 173 Å². The molecule has 2 aliphatic rings. The molecule has 0 atom stereocenters.